The van der Waals surface area contributed by atoms with Gasteiger partial charge in [0.1, 0.15) is 23.4 Å². The first-order chi connectivity index (χ1) is 10.4. The second-order valence-electron chi connectivity index (χ2n) is 4.84. The van der Waals surface area contributed by atoms with E-state index in [-0.39, 0.29) is 21.8 Å². The van der Waals surface area contributed by atoms with Crippen LogP contribution in [0.5, 0.6) is 0 Å². The van der Waals surface area contributed by atoms with Gasteiger partial charge >= 0.3 is 0 Å². The van der Waals surface area contributed by atoms with Crippen molar-refractivity contribution in [1.29, 1.82) is 0 Å². The molecule has 1 aliphatic heterocycles. The Morgan fingerprint density at radius 2 is 2.41 bits per heavy atom. The number of aromatic amines is 1. The first kappa shape index (κ1) is 14.9. The summed E-state index contributed by atoms with van der Waals surface area (Å²) < 4.78 is 21.7. The number of nitrogen functional groups attached to an aromatic ring is 1. The SMILES string of the molecule is C#CC1(F)C(O)[C@@H](CO)O[C@H]1n1cnc2c(=S)nc(N)[nH]c21. The lowest BCUT2D eigenvalue weighted by molar-refractivity contribution is -0.0504. The van der Waals surface area contributed by atoms with E-state index in [0.29, 0.717) is 0 Å². The number of H-pyrrole nitrogens is 1. The minimum absolute atomic E-state index is 0.0154. The second kappa shape index (κ2) is 4.99. The second-order valence-corrected chi connectivity index (χ2v) is 5.23. The Labute approximate surface area is 128 Å². The molecule has 2 unspecified atom stereocenters. The summed E-state index contributed by atoms with van der Waals surface area (Å²) in [5.41, 5.74) is 3.59. The zero-order valence-corrected chi connectivity index (χ0v) is 11.9. The van der Waals surface area contributed by atoms with Crippen LogP contribution in [-0.4, -0.2) is 54.2 Å². The van der Waals surface area contributed by atoms with Crippen LogP contribution < -0.4 is 5.73 Å². The number of nitrogens with two attached hydrogens (primary N) is 1. The molecule has 3 rings (SSSR count). The van der Waals surface area contributed by atoms with E-state index < -0.39 is 30.7 Å². The number of fused-ring (bicyclic) bond motifs is 1. The molecule has 5 N–H and O–H groups in total. The van der Waals surface area contributed by atoms with E-state index in [4.69, 9.17) is 29.1 Å². The van der Waals surface area contributed by atoms with Gasteiger partial charge in [-0.25, -0.2) is 14.4 Å². The maximum atomic E-state index is 15.0. The van der Waals surface area contributed by atoms with Gasteiger partial charge < -0.3 is 25.7 Å². The van der Waals surface area contributed by atoms with Gasteiger partial charge in [-0.05, 0) is 0 Å². The summed E-state index contributed by atoms with van der Waals surface area (Å²) in [5.74, 6) is 1.91. The lowest BCUT2D eigenvalue weighted by Crippen LogP contribution is -2.42. The molecule has 0 saturated carbocycles. The summed E-state index contributed by atoms with van der Waals surface area (Å²) >= 11 is 5.03. The van der Waals surface area contributed by atoms with Crippen molar-refractivity contribution in [2.75, 3.05) is 12.3 Å². The first-order valence-corrected chi connectivity index (χ1v) is 6.66. The molecule has 1 fully saturated rings. The zero-order valence-electron chi connectivity index (χ0n) is 11.1. The van der Waals surface area contributed by atoms with Crippen molar-refractivity contribution in [2.24, 2.45) is 0 Å². The van der Waals surface area contributed by atoms with Crippen LogP contribution in [0.25, 0.3) is 11.2 Å². The first-order valence-electron chi connectivity index (χ1n) is 6.25. The Morgan fingerprint density at radius 3 is 3.05 bits per heavy atom. The summed E-state index contributed by atoms with van der Waals surface area (Å²) in [6, 6.07) is 0. The number of nitrogens with one attached hydrogen (secondary N) is 1. The third-order valence-electron chi connectivity index (χ3n) is 3.56. The molecule has 0 bridgehead atoms. The molecule has 0 radical (unpaired) electrons. The van der Waals surface area contributed by atoms with Crippen LogP contribution >= 0.6 is 12.2 Å². The maximum absolute atomic E-state index is 15.0. The summed E-state index contributed by atoms with van der Waals surface area (Å²) in [6.07, 6.45) is 2.23. The highest BCUT2D eigenvalue weighted by molar-refractivity contribution is 7.71. The number of halogens is 1. The van der Waals surface area contributed by atoms with E-state index in [9.17, 15) is 14.6 Å². The molecule has 0 spiro atoms. The lowest BCUT2D eigenvalue weighted by Gasteiger charge is -2.23. The van der Waals surface area contributed by atoms with Gasteiger partial charge in [0.15, 0.2) is 16.8 Å². The Morgan fingerprint density at radius 1 is 1.68 bits per heavy atom. The quantitative estimate of drug-likeness (QED) is 0.440. The van der Waals surface area contributed by atoms with E-state index in [2.05, 4.69) is 15.0 Å². The standard InChI is InChI=1S/C12H12FN5O3S/c1-2-12(13)7(20)5(3-19)21-10(12)18-4-15-6-8(18)16-11(14)17-9(6)22/h1,4-5,7,10,19-20H,3H2,(H3,14,16,17,22)/t5-,7?,10-,12?/m1/s1. The monoisotopic (exact) mass is 325 g/mol. The highest BCUT2D eigenvalue weighted by Crippen LogP contribution is 2.42. The van der Waals surface area contributed by atoms with E-state index in [1.165, 1.54) is 10.9 Å². The van der Waals surface area contributed by atoms with Gasteiger partial charge in [-0.2, -0.15) is 0 Å². The van der Waals surface area contributed by atoms with Gasteiger partial charge in [0.2, 0.25) is 5.67 Å². The number of ether oxygens (including phenoxy) is 1. The number of imidazole rings is 1. The largest absolute Gasteiger partial charge is 0.394 e. The number of aromatic nitrogens is 4. The molecule has 4 atom stereocenters. The topological polar surface area (TPSA) is 122 Å². The van der Waals surface area contributed by atoms with E-state index in [1.807, 2.05) is 5.92 Å². The number of hydrogen-bond acceptors (Lipinski definition) is 7. The van der Waals surface area contributed by atoms with Crippen molar-refractivity contribution in [3.8, 4) is 12.3 Å². The maximum Gasteiger partial charge on any atom is 0.243 e. The van der Waals surface area contributed by atoms with Gasteiger partial charge in [-0.3, -0.25) is 4.57 Å². The van der Waals surface area contributed by atoms with Crippen molar-refractivity contribution in [2.45, 2.75) is 24.1 Å². The third-order valence-corrected chi connectivity index (χ3v) is 3.85. The van der Waals surface area contributed by atoms with Crippen LogP contribution in [-0.2, 0) is 4.74 Å². The fourth-order valence-electron chi connectivity index (χ4n) is 2.45. The average molecular weight is 325 g/mol. The molecule has 1 saturated heterocycles. The molecule has 116 valence electrons. The van der Waals surface area contributed by atoms with Crippen molar-refractivity contribution >= 4 is 29.3 Å². The van der Waals surface area contributed by atoms with E-state index in [1.54, 1.807) is 0 Å². The predicted octanol–water partition coefficient (Wildman–Crippen LogP) is -0.337. The molecule has 2 aromatic rings. The van der Waals surface area contributed by atoms with Crippen LogP contribution in [0.4, 0.5) is 10.3 Å². The third kappa shape index (κ3) is 1.91. The number of alkyl halides is 1. The molecule has 0 aromatic carbocycles. The molecule has 22 heavy (non-hydrogen) atoms. The van der Waals surface area contributed by atoms with Crippen LogP contribution in [0.2, 0.25) is 0 Å². The molecular formula is C12H12FN5O3S. The molecular weight excluding hydrogens is 313 g/mol. The van der Waals surface area contributed by atoms with Gasteiger partial charge in [0.25, 0.3) is 0 Å². The van der Waals surface area contributed by atoms with Crippen molar-refractivity contribution in [3.05, 3.63) is 11.0 Å². The number of nitrogens with zero attached hydrogens (tertiary/aromatic N) is 3. The number of anilines is 1. The summed E-state index contributed by atoms with van der Waals surface area (Å²) in [4.78, 5) is 10.6. The predicted molar refractivity (Wildman–Crippen MR) is 76.8 cm³/mol. The van der Waals surface area contributed by atoms with Crippen molar-refractivity contribution in [1.82, 2.24) is 19.5 Å². The molecule has 3 heterocycles. The molecule has 2 aromatic heterocycles. The normalized spacial score (nSPS) is 31.5. The number of aliphatic hydroxyl groups is 2. The van der Waals surface area contributed by atoms with Crippen LogP contribution in [0.1, 0.15) is 6.23 Å². The van der Waals surface area contributed by atoms with Gasteiger partial charge in [-0.15, -0.1) is 6.42 Å². The Hall–Kier alpha value is -2.06. The van der Waals surface area contributed by atoms with Crippen LogP contribution in [0, 0.1) is 17.0 Å². The minimum Gasteiger partial charge on any atom is -0.394 e. The molecule has 8 nitrogen and oxygen atoms in total. The molecule has 0 amide bonds. The number of rotatable bonds is 2. The number of aliphatic hydroxyl groups excluding tert-OH is 2. The van der Waals surface area contributed by atoms with Gasteiger partial charge in [0, 0.05) is 0 Å². The Kier molecular flexibility index (Phi) is 3.37. The smallest absolute Gasteiger partial charge is 0.243 e. The summed E-state index contributed by atoms with van der Waals surface area (Å²) in [5, 5.41) is 19.1. The number of terminal acetylenes is 1. The van der Waals surface area contributed by atoms with E-state index >= 15 is 0 Å². The lowest BCUT2D eigenvalue weighted by atomic mass is 9.97. The molecule has 10 heteroatoms. The Balaban J connectivity index is 2.19. The molecule has 1 aliphatic rings. The highest BCUT2D eigenvalue weighted by Gasteiger charge is 2.57. The molecule has 0 aliphatic carbocycles. The van der Waals surface area contributed by atoms with Crippen LogP contribution in [0.15, 0.2) is 6.33 Å². The highest BCUT2D eigenvalue weighted by atomic mass is 32.1. The summed E-state index contributed by atoms with van der Waals surface area (Å²) in [7, 11) is 0. The van der Waals surface area contributed by atoms with Crippen molar-refractivity contribution in [3.63, 3.8) is 0 Å². The Bertz CT molecular complexity index is 830. The summed E-state index contributed by atoms with van der Waals surface area (Å²) in [6.45, 7) is -0.586. The minimum atomic E-state index is -2.55. The van der Waals surface area contributed by atoms with E-state index in [0.717, 1.165) is 0 Å². The average Bonchev–Trinajstić information content (AvgIpc) is 3.00. The zero-order chi connectivity index (χ0) is 16.1. The fraction of sp³-hybridized carbons (Fsp3) is 0.417. The van der Waals surface area contributed by atoms with Crippen molar-refractivity contribution < 1.29 is 19.3 Å². The van der Waals surface area contributed by atoms with Gasteiger partial charge in [-0.1, -0.05) is 18.1 Å². The fourth-order valence-corrected chi connectivity index (χ4v) is 2.70. The number of hydrogen-bond donors (Lipinski definition) is 4. The van der Waals surface area contributed by atoms with Crippen LogP contribution in [0.3, 0.4) is 0 Å². The van der Waals surface area contributed by atoms with Gasteiger partial charge in [0.05, 0.1) is 12.9 Å².